The van der Waals surface area contributed by atoms with Crippen molar-refractivity contribution in [1.82, 2.24) is 4.90 Å². The molecule has 18 heavy (non-hydrogen) atoms. The summed E-state index contributed by atoms with van der Waals surface area (Å²) in [5.41, 5.74) is 0.724. The van der Waals surface area contributed by atoms with E-state index in [-0.39, 0.29) is 0 Å². The van der Waals surface area contributed by atoms with Gasteiger partial charge in [0.15, 0.2) is 0 Å². The molecular weight excluding hydrogens is 222 g/mol. The maximum absolute atomic E-state index is 10.2. The van der Waals surface area contributed by atoms with E-state index in [4.69, 9.17) is 0 Å². The lowest BCUT2D eigenvalue weighted by molar-refractivity contribution is -0.00462. The number of aliphatic hydroxyl groups is 1. The zero-order chi connectivity index (χ0) is 13.8. The van der Waals surface area contributed by atoms with Crippen molar-refractivity contribution in [2.75, 3.05) is 13.1 Å². The maximum Gasteiger partial charge on any atom is 0.0746 e. The Labute approximate surface area is 112 Å². The van der Waals surface area contributed by atoms with Gasteiger partial charge in [0.05, 0.1) is 5.60 Å². The van der Waals surface area contributed by atoms with E-state index in [2.05, 4.69) is 43.9 Å². The molecule has 1 N–H and O–H groups in total. The van der Waals surface area contributed by atoms with E-state index in [1.54, 1.807) is 0 Å². The van der Waals surface area contributed by atoms with Gasteiger partial charge in [-0.15, -0.1) is 0 Å². The molecular formula is C16H29NO. The summed E-state index contributed by atoms with van der Waals surface area (Å²) in [6, 6.07) is 0.316. The highest BCUT2D eigenvalue weighted by atomic mass is 16.3. The number of rotatable bonds is 5. The maximum atomic E-state index is 10.2. The third kappa shape index (κ3) is 4.58. The molecule has 1 aliphatic heterocycles. The summed E-state index contributed by atoms with van der Waals surface area (Å²) in [6.07, 6.45) is 8.92. The molecule has 104 valence electrons. The van der Waals surface area contributed by atoms with E-state index >= 15 is 0 Å². The highest BCUT2D eigenvalue weighted by molar-refractivity contribution is 5.15. The minimum atomic E-state index is -0.584. The minimum Gasteiger partial charge on any atom is -0.389 e. The Balaban J connectivity index is 2.54. The van der Waals surface area contributed by atoms with Gasteiger partial charge in [-0.05, 0) is 53.0 Å². The summed E-state index contributed by atoms with van der Waals surface area (Å²) in [7, 11) is 0. The molecule has 2 atom stereocenters. The van der Waals surface area contributed by atoms with Gasteiger partial charge in [-0.2, -0.15) is 0 Å². The van der Waals surface area contributed by atoms with Gasteiger partial charge in [0.2, 0.25) is 0 Å². The van der Waals surface area contributed by atoms with Crippen molar-refractivity contribution in [3.05, 3.63) is 23.8 Å². The zero-order valence-corrected chi connectivity index (χ0v) is 12.6. The van der Waals surface area contributed by atoms with Crippen LogP contribution in [0.15, 0.2) is 23.8 Å². The Bertz CT molecular complexity index is 312. The zero-order valence-electron chi connectivity index (χ0n) is 12.6. The van der Waals surface area contributed by atoms with Gasteiger partial charge >= 0.3 is 0 Å². The lowest BCUT2D eigenvalue weighted by Crippen LogP contribution is -2.46. The van der Waals surface area contributed by atoms with E-state index in [0.29, 0.717) is 12.0 Å². The van der Waals surface area contributed by atoms with Crippen molar-refractivity contribution in [3.8, 4) is 0 Å². The fourth-order valence-electron chi connectivity index (χ4n) is 2.69. The summed E-state index contributed by atoms with van der Waals surface area (Å²) in [5, 5.41) is 10.2. The second-order valence-corrected chi connectivity index (χ2v) is 6.18. The molecule has 0 radical (unpaired) electrons. The van der Waals surface area contributed by atoms with Gasteiger partial charge < -0.3 is 5.11 Å². The van der Waals surface area contributed by atoms with Crippen molar-refractivity contribution in [2.24, 2.45) is 5.92 Å². The predicted octanol–water partition coefficient (Wildman–Crippen LogP) is 3.38. The fourth-order valence-corrected chi connectivity index (χ4v) is 2.69. The molecule has 0 spiro atoms. The van der Waals surface area contributed by atoms with Crippen molar-refractivity contribution in [3.63, 3.8) is 0 Å². The lowest BCUT2D eigenvalue weighted by Gasteiger charge is -2.34. The van der Waals surface area contributed by atoms with Crippen molar-refractivity contribution in [1.29, 1.82) is 0 Å². The molecule has 1 saturated heterocycles. The largest absolute Gasteiger partial charge is 0.389 e. The number of likely N-dealkylation sites (tertiary alicyclic amines) is 1. The Morgan fingerprint density at radius 3 is 2.72 bits per heavy atom. The molecule has 2 nitrogen and oxygen atoms in total. The van der Waals surface area contributed by atoms with E-state index < -0.39 is 5.60 Å². The second-order valence-electron chi connectivity index (χ2n) is 6.18. The van der Waals surface area contributed by atoms with Crippen LogP contribution in [0.2, 0.25) is 0 Å². The number of allylic oxidation sites excluding steroid dienone is 3. The molecule has 0 aromatic rings. The molecule has 0 aliphatic carbocycles. The molecule has 0 amide bonds. The summed E-state index contributed by atoms with van der Waals surface area (Å²) < 4.78 is 0. The van der Waals surface area contributed by atoms with Crippen LogP contribution < -0.4 is 0 Å². The quantitative estimate of drug-likeness (QED) is 0.757. The van der Waals surface area contributed by atoms with Crippen LogP contribution in [0, 0.1) is 5.92 Å². The van der Waals surface area contributed by atoms with Crippen LogP contribution in [0.3, 0.4) is 0 Å². The van der Waals surface area contributed by atoms with Crippen molar-refractivity contribution < 1.29 is 5.11 Å². The highest BCUT2D eigenvalue weighted by Gasteiger charge is 2.35. The third-order valence-electron chi connectivity index (χ3n) is 3.84. The molecule has 0 saturated carbocycles. The molecule has 1 rings (SSSR count). The van der Waals surface area contributed by atoms with Crippen molar-refractivity contribution >= 4 is 0 Å². The van der Waals surface area contributed by atoms with E-state index in [1.807, 2.05) is 13.8 Å². The molecule has 1 aliphatic rings. The van der Waals surface area contributed by atoms with Gasteiger partial charge in [0, 0.05) is 12.6 Å². The molecule has 1 fully saturated rings. The van der Waals surface area contributed by atoms with Crippen LogP contribution in [0.5, 0.6) is 0 Å². The predicted molar refractivity (Wildman–Crippen MR) is 78.6 cm³/mol. The molecule has 2 unspecified atom stereocenters. The van der Waals surface area contributed by atoms with Gasteiger partial charge in [-0.1, -0.05) is 30.7 Å². The first-order chi connectivity index (χ1) is 8.34. The monoisotopic (exact) mass is 251 g/mol. The number of hydrogen-bond donors (Lipinski definition) is 1. The van der Waals surface area contributed by atoms with Crippen LogP contribution in [-0.4, -0.2) is 34.7 Å². The molecule has 1 heterocycles. The second kappa shape index (κ2) is 6.53. The lowest BCUT2D eigenvalue weighted by atomic mass is 9.96. The van der Waals surface area contributed by atoms with E-state index in [1.165, 1.54) is 12.0 Å². The minimum absolute atomic E-state index is 0.316. The van der Waals surface area contributed by atoms with Crippen LogP contribution in [0.4, 0.5) is 0 Å². The van der Waals surface area contributed by atoms with Crippen LogP contribution >= 0.6 is 0 Å². The highest BCUT2D eigenvalue weighted by Crippen LogP contribution is 2.27. The average Bonchev–Trinajstić information content (AvgIpc) is 2.73. The Morgan fingerprint density at radius 1 is 1.50 bits per heavy atom. The number of hydrogen-bond acceptors (Lipinski definition) is 2. The van der Waals surface area contributed by atoms with Gasteiger partial charge in [0.25, 0.3) is 0 Å². The molecule has 0 bridgehead atoms. The van der Waals surface area contributed by atoms with Gasteiger partial charge in [-0.25, -0.2) is 0 Å². The first-order valence-corrected chi connectivity index (χ1v) is 7.12. The van der Waals surface area contributed by atoms with Crippen molar-refractivity contribution in [2.45, 2.75) is 59.1 Å². The van der Waals surface area contributed by atoms with Crippen LogP contribution in [0.25, 0.3) is 0 Å². The summed E-state index contributed by atoms with van der Waals surface area (Å²) in [6.45, 7) is 12.5. The Morgan fingerprint density at radius 2 is 2.17 bits per heavy atom. The average molecular weight is 251 g/mol. The summed E-state index contributed by atoms with van der Waals surface area (Å²) in [5.74, 6) is 0.530. The van der Waals surface area contributed by atoms with E-state index in [0.717, 1.165) is 19.5 Å². The van der Waals surface area contributed by atoms with Gasteiger partial charge in [-0.3, -0.25) is 4.90 Å². The van der Waals surface area contributed by atoms with Crippen LogP contribution in [-0.2, 0) is 0 Å². The first-order valence-electron chi connectivity index (χ1n) is 7.12. The first kappa shape index (κ1) is 15.5. The molecule has 2 heteroatoms. The molecule has 0 aromatic carbocycles. The Kier molecular flexibility index (Phi) is 5.61. The summed E-state index contributed by atoms with van der Waals surface area (Å²) in [4.78, 5) is 2.44. The standard InChI is InChI=1S/C16H29NO/c1-6-13(2)9-10-14(3)12-17-11-7-8-15(17)16(4,5)18/h6,9-10,14-15,18H,7-8,11-12H2,1-5H3/b10-9-,13-6-. The SMILES string of the molecule is C/C=C(C)\C=C/C(C)CN1CCCC1C(C)(C)O. The topological polar surface area (TPSA) is 23.5 Å². The van der Waals surface area contributed by atoms with Gasteiger partial charge in [0.1, 0.15) is 0 Å². The normalized spacial score (nSPS) is 25.0. The fraction of sp³-hybridized carbons (Fsp3) is 0.750. The number of nitrogens with zero attached hydrogens (tertiary/aromatic N) is 1. The third-order valence-corrected chi connectivity index (χ3v) is 3.84. The Hall–Kier alpha value is -0.600. The van der Waals surface area contributed by atoms with Crippen LogP contribution in [0.1, 0.15) is 47.5 Å². The van der Waals surface area contributed by atoms with E-state index in [9.17, 15) is 5.11 Å². The molecule has 0 aromatic heterocycles. The summed E-state index contributed by atoms with van der Waals surface area (Å²) >= 11 is 0. The smallest absolute Gasteiger partial charge is 0.0746 e.